The molecule has 18 heavy (non-hydrogen) atoms. The minimum Gasteiger partial charge on any atom is -0.329 e. The maximum Gasteiger partial charge on any atom is 0.161 e. The predicted octanol–water partition coefficient (Wildman–Crippen LogP) is 2.31. The third-order valence-corrected chi connectivity index (χ3v) is 3.32. The highest BCUT2D eigenvalue weighted by Crippen LogP contribution is 2.27. The molecule has 0 amide bonds. The SMILES string of the molecule is Fc1cc2ncn(CCNCC3CC3)c2cc1F. The molecule has 1 aliphatic carbocycles. The minimum atomic E-state index is -0.848. The Bertz CT molecular complexity index is 561. The lowest BCUT2D eigenvalue weighted by molar-refractivity contribution is 0.510. The summed E-state index contributed by atoms with van der Waals surface area (Å²) in [6.45, 7) is 2.59. The third kappa shape index (κ3) is 2.36. The zero-order chi connectivity index (χ0) is 12.5. The highest BCUT2D eigenvalue weighted by atomic mass is 19.2. The van der Waals surface area contributed by atoms with E-state index in [1.807, 2.05) is 4.57 Å². The van der Waals surface area contributed by atoms with Gasteiger partial charge in [0.2, 0.25) is 0 Å². The Morgan fingerprint density at radius 2 is 2.06 bits per heavy atom. The number of imidazole rings is 1. The highest BCUT2D eigenvalue weighted by Gasteiger charge is 2.20. The molecule has 0 bridgehead atoms. The summed E-state index contributed by atoms with van der Waals surface area (Å²) in [4.78, 5) is 4.08. The molecule has 1 N–H and O–H groups in total. The highest BCUT2D eigenvalue weighted by molar-refractivity contribution is 5.75. The molecule has 1 fully saturated rings. The van der Waals surface area contributed by atoms with Gasteiger partial charge in [0, 0.05) is 25.2 Å². The van der Waals surface area contributed by atoms with Crippen molar-refractivity contribution in [2.24, 2.45) is 5.92 Å². The number of hydrogen-bond donors (Lipinski definition) is 1. The second-order valence-electron chi connectivity index (χ2n) is 4.84. The van der Waals surface area contributed by atoms with Gasteiger partial charge in [0.1, 0.15) is 0 Å². The first-order valence-electron chi connectivity index (χ1n) is 6.24. The van der Waals surface area contributed by atoms with Crippen molar-refractivity contribution in [1.29, 1.82) is 0 Å². The summed E-state index contributed by atoms with van der Waals surface area (Å²) in [6, 6.07) is 2.34. The summed E-state index contributed by atoms with van der Waals surface area (Å²) in [5, 5.41) is 3.36. The van der Waals surface area contributed by atoms with E-state index in [2.05, 4.69) is 10.3 Å². The monoisotopic (exact) mass is 251 g/mol. The van der Waals surface area contributed by atoms with E-state index in [-0.39, 0.29) is 0 Å². The minimum absolute atomic E-state index is 0.496. The molecule has 2 aromatic rings. The van der Waals surface area contributed by atoms with E-state index in [9.17, 15) is 8.78 Å². The standard InChI is InChI=1S/C13H15F2N3/c14-10-5-12-13(6-11(10)15)18(8-17-12)4-3-16-7-9-1-2-9/h5-6,8-9,16H,1-4,7H2. The molecule has 96 valence electrons. The van der Waals surface area contributed by atoms with Gasteiger partial charge in [-0.2, -0.15) is 0 Å². The summed E-state index contributed by atoms with van der Waals surface area (Å²) in [6.07, 6.45) is 4.28. The molecule has 1 aromatic carbocycles. The first-order valence-corrected chi connectivity index (χ1v) is 6.24. The van der Waals surface area contributed by atoms with Crippen LogP contribution in [0.5, 0.6) is 0 Å². The van der Waals surface area contributed by atoms with E-state index in [4.69, 9.17) is 0 Å². The second kappa shape index (κ2) is 4.65. The van der Waals surface area contributed by atoms with Gasteiger partial charge in [-0.15, -0.1) is 0 Å². The van der Waals surface area contributed by atoms with Crippen LogP contribution in [0.15, 0.2) is 18.5 Å². The molecule has 0 spiro atoms. The zero-order valence-corrected chi connectivity index (χ0v) is 10.00. The van der Waals surface area contributed by atoms with Gasteiger partial charge in [0.15, 0.2) is 11.6 Å². The number of halogens is 2. The van der Waals surface area contributed by atoms with Gasteiger partial charge in [-0.3, -0.25) is 0 Å². The van der Waals surface area contributed by atoms with Crippen LogP contribution < -0.4 is 5.32 Å². The average Bonchev–Trinajstić information content (AvgIpc) is 3.10. The molecule has 0 atom stereocenters. The summed E-state index contributed by atoms with van der Waals surface area (Å²) in [5.74, 6) is -0.828. The molecule has 0 aliphatic heterocycles. The van der Waals surface area contributed by atoms with Gasteiger partial charge >= 0.3 is 0 Å². The normalized spacial score (nSPS) is 15.4. The molecule has 0 unspecified atom stereocenters. The van der Waals surface area contributed by atoms with Crippen LogP contribution >= 0.6 is 0 Å². The van der Waals surface area contributed by atoms with Gasteiger partial charge in [-0.25, -0.2) is 13.8 Å². The van der Waals surface area contributed by atoms with E-state index in [0.717, 1.165) is 25.1 Å². The van der Waals surface area contributed by atoms with Crippen molar-refractivity contribution in [3.63, 3.8) is 0 Å². The van der Waals surface area contributed by atoms with Crippen molar-refractivity contribution in [3.8, 4) is 0 Å². The number of nitrogens with one attached hydrogen (secondary N) is 1. The van der Waals surface area contributed by atoms with Gasteiger partial charge in [-0.05, 0) is 25.3 Å². The van der Waals surface area contributed by atoms with E-state index < -0.39 is 11.6 Å². The molecule has 3 nitrogen and oxygen atoms in total. The van der Waals surface area contributed by atoms with Crippen LogP contribution in [-0.4, -0.2) is 22.6 Å². The summed E-state index contributed by atoms with van der Waals surface area (Å²) < 4.78 is 28.0. The first kappa shape index (κ1) is 11.6. The van der Waals surface area contributed by atoms with E-state index >= 15 is 0 Å². The first-order chi connectivity index (χ1) is 8.74. The quantitative estimate of drug-likeness (QED) is 0.826. The van der Waals surface area contributed by atoms with Crippen LogP contribution in [0, 0.1) is 17.6 Å². The lowest BCUT2D eigenvalue weighted by Crippen LogP contribution is -2.21. The number of fused-ring (bicyclic) bond motifs is 1. The molecule has 1 aromatic heterocycles. The van der Waals surface area contributed by atoms with Crippen LogP contribution in [0.1, 0.15) is 12.8 Å². The van der Waals surface area contributed by atoms with Gasteiger partial charge in [0.25, 0.3) is 0 Å². The maximum absolute atomic E-state index is 13.2. The number of hydrogen-bond acceptors (Lipinski definition) is 2. The Morgan fingerprint density at radius 1 is 1.28 bits per heavy atom. The molecular formula is C13H15F2N3. The maximum atomic E-state index is 13.2. The van der Waals surface area contributed by atoms with Crippen molar-refractivity contribution >= 4 is 11.0 Å². The fraction of sp³-hybridized carbons (Fsp3) is 0.462. The Kier molecular flexibility index (Phi) is 2.99. The fourth-order valence-electron chi connectivity index (χ4n) is 2.06. The average molecular weight is 251 g/mol. The van der Waals surface area contributed by atoms with Gasteiger partial charge in [-0.1, -0.05) is 0 Å². The van der Waals surface area contributed by atoms with Gasteiger partial charge in [0.05, 0.1) is 17.4 Å². The lowest BCUT2D eigenvalue weighted by atomic mass is 10.3. The van der Waals surface area contributed by atoms with Crippen molar-refractivity contribution in [2.45, 2.75) is 19.4 Å². The van der Waals surface area contributed by atoms with Gasteiger partial charge < -0.3 is 9.88 Å². The molecule has 0 radical (unpaired) electrons. The lowest BCUT2D eigenvalue weighted by Gasteiger charge is -2.06. The van der Waals surface area contributed by atoms with E-state index in [1.165, 1.54) is 18.9 Å². The number of aromatic nitrogens is 2. The number of nitrogens with zero attached hydrogens (tertiary/aromatic N) is 2. The molecule has 1 heterocycles. The number of rotatable bonds is 5. The van der Waals surface area contributed by atoms with Crippen LogP contribution in [0.25, 0.3) is 11.0 Å². The van der Waals surface area contributed by atoms with Crippen LogP contribution in [0.2, 0.25) is 0 Å². The molecular weight excluding hydrogens is 236 g/mol. The van der Waals surface area contributed by atoms with E-state index in [1.54, 1.807) is 6.33 Å². The molecule has 3 rings (SSSR count). The molecule has 0 saturated heterocycles. The Labute approximate surface area is 104 Å². The summed E-state index contributed by atoms with van der Waals surface area (Å²) in [7, 11) is 0. The predicted molar refractivity (Wildman–Crippen MR) is 65.2 cm³/mol. The molecule has 1 aliphatic rings. The number of benzene rings is 1. The molecule has 5 heteroatoms. The zero-order valence-electron chi connectivity index (χ0n) is 10.00. The summed E-state index contributed by atoms with van der Waals surface area (Å²) >= 11 is 0. The second-order valence-corrected chi connectivity index (χ2v) is 4.84. The van der Waals surface area contributed by atoms with Crippen molar-refractivity contribution in [1.82, 2.24) is 14.9 Å². The van der Waals surface area contributed by atoms with Crippen molar-refractivity contribution < 1.29 is 8.78 Å². The fourth-order valence-corrected chi connectivity index (χ4v) is 2.06. The van der Waals surface area contributed by atoms with Crippen molar-refractivity contribution in [3.05, 3.63) is 30.1 Å². The van der Waals surface area contributed by atoms with Crippen LogP contribution in [0.4, 0.5) is 8.78 Å². The Balaban J connectivity index is 1.69. The van der Waals surface area contributed by atoms with Crippen LogP contribution in [0.3, 0.4) is 0 Å². The van der Waals surface area contributed by atoms with Crippen LogP contribution in [-0.2, 0) is 6.54 Å². The summed E-state index contributed by atoms with van der Waals surface area (Å²) in [5.41, 5.74) is 1.14. The molecule has 1 saturated carbocycles. The topological polar surface area (TPSA) is 29.9 Å². The van der Waals surface area contributed by atoms with E-state index in [0.29, 0.717) is 17.6 Å². The van der Waals surface area contributed by atoms with Crippen molar-refractivity contribution in [2.75, 3.05) is 13.1 Å². The Morgan fingerprint density at radius 3 is 2.83 bits per heavy atom. The Hall–Kier alpha value is -1.49. The smallest absolute Gasteiger partial charge is 0.161 e. The largest absolute Gasteiger partial charge is 0.329 e. The third-order valence-electron chi connectivity index (χ3n) is 3.32.